The third-order valence-electron chi connectivity index (χ3n) is 4.42. The van der Waals surface area contributed by atoms with Crippen LogP contribution in [0.3, 0.4) is 0 Å². The van der Waals surface area contributed by atoms with Gasteiger partial charge in [0.1, 0.15) is 5.82 Å². The predicted octanol–water partition coefficient (Wildman–Crippen LogP) is 4.97. The van der Waals surface area contributed by atoms with Crippen molar-refractivity contribution in [2.24, 2.45) is 4.99 Å². The third-order valence-corrected chi connectivity index (χ3v) is 5.59. The van der Waals surface area contributed by atoms with E-state index >= 15 is 0 Å². The van der Waals surface area contributed by atoms with Gasteiger partial charge in [-0.25, -0.2) is 9.38 Å². The lowest BCUT2D eigenvalue weighted by molar-refractivity contribution is -0.115. The molecule has 4 nitrogen and oxygen atoms in total. The van der Waals surface area contributed by atoms with Crippen LogP contribution in [0.2, 0.25) is 5.02 Å². The van der Waals surface area contributed by atoms with Crippen LogP contribution in [0.1, 0.15) is 18.4 Å². The second kappa shape index (κ2) is 7.74. The Hall–Kier alpha value is -2.31. The van der Waals surface area contributed by atoms with Gasteiger partial charge in [-0.2, -0.15) is 0 Å². The van der Waals surface area contributed by atoms with Crippen LogP contribution < -0.4 is 10.2 Å². The van der Waals surface area contributed by atoms with Crippen LogP contribution in [0, 0.1) is 5.82 Å². The number of hydrogen-bond donors (Lipinski definition) is 1. The number of halogens is 2. The molecule has 0 spiro atoms. The summed E-state index contributed by atoms with van der Waals surface area (Å²) < 4.78 is 14.5. The number of aliphatic imine (C=N–C) groups is 1. The smallest absolute Gasteiger partial charge is 0.264 e. The highest BCUT2D eigenvalue weighted by Crippen LogP contribution is 2.30. The molecule has 7 heteroatoms. The normalized spacial score (nSPS) is 19.9. The molecule has 0 radical (unpaired) electrons. The maximum absolute atomic E-state index is 14.5. The highest BCUT2D eigenvalue weighted by molar-refractivity contribution is 8.18. The summed E-state index contributed by atoms with van der Waals surface area (Å²) >= 11 is 7.10. The average molecular weight is 402 g/mol. The fraction of sp³-hybridized carbons (Fsp3) is 0.200. The Morgan fingerprint density at radius 3 is 2.59 bits per heavy atom. The molecule has 0 aromatic heterocycles. The van der Waals surface area contributed by atoms with Gasteiger partial charge in [0, 0.05) is 18.1 Å². The molecule has 2 aliphatic rings. The Bertz CT molecular complexity index is 937. The van der Waals surface area contributed by atoms with E-state index in [1.165, 1.54) is 17.8 Å². The fourth-order valence-electron chi connectivity index (χ4n) is 3.09. The zero-order valence-electron chi connectivity index (χ0n) is 14.4. The number of rotatable bonds is 3. The second-order valence-corrected chi connectivity index (χ2v) is 7.83. The zero-order chi connectivity index (χ0) is 18.8. The van der Waals surface area contributed by atoms with Crippen LogP contribution in [0.25, 0.3) is 6.08 Å². The summed E-state index contributed by atoms with van der Waals surface area (Å²) in [6, 6.07) is 12.1. The minimum atomic E-state index is -0.260. The second-order valence-electron chi connectivity index (χ2n) is 6.36. The van der Waals surface area contributed by atoms with E-state index in [9.17, 15) is 9.18 Å². The molecule has 2 aromatic carbocycles. The van der Waals surface area contributed by atoms with Gasteiger partial charge in [0.25, 0.3) is 5.91 Å². The molecule has 1 amide bonds. The first-order chi connectivity index (χ1) is 13.1. The van der Waals surface area contributed by atoms with Crippen molar-refractivity contribution in [1.82, 2.24) is 5.32 Å². The quantitative estimate of drug-likeness (QED) is 0.738. The Morgan fingerprint density at radius 2 is 1.89 bits per heavy atom. The number of carbonyl (C=O) groups is 1. The standard InChI is InChI=1S/C20H17ClFN3OS/c21-14-4-6-15(7-5-14)23-20-24-19(26)18(27-20)12-13-3-8-17(16(22)11-13)25-9-1-2-10-25/h3-8,11-12H,1-2,9-10H2,(H,23,24,26)/b18-12-. The SMILES string of the molecule is O=C1NC(=Nc2ccc(Cl)cc2)S/C1=C\c1ccc(N2CCCC2)c(F)c1. The molecular weight excluding hydrogens is 385 g/mol. The van der Waals surface area contributed by atoms with Crippen LogP contribution >= 0.6 is 23.4 Å². The molecular formula is C20H17ClFN3OS. The highest BCUT2D eigenvalue weighted by atomic mass is 35.5. The molecule has 0 atom stereocenters. The number of carbonyl (C=O) groups excluding carboxylic acids is 1. The molecule has 138 valence electrons. The highest BCUT2D eigenvalue weighted by Gasteiger charge is 2.24. The molecule has 2 fully saturated rings. The Morgan fingerprint density at radius 1 is 1.15 bits per heavy atom. The van der Waals surface area contributed by atoms with E-state index in [0.29, 0.717) is 32.0 Å². The molecule has 0 aliphatic carbocycles. The lowest BCUT2D eigenvalue weighted by Gasteiger charge is -2.18. The van der Waals surface area contributed by atoms with Gasteiger partial charge in [-0.3, -0.25) is 4.79 Å². The van der Waals surface area contributed by atoms with E-state index in [4.69, 9.17) is 11.6 Å². The maximum atomic E-state index is 14.5. The van der Waals surface area contributed by atoms with Gasteiger partial charge in [0.05, 0.1) is 16.3 Å². The molecule has 2 saturated heterocycles. The number of nitrogens with zero attached hydrogens (tertiary/aromatic N) is 2. The van der Waals surface area contributed by atoms with E-state index in [2.05, 4.69) is 15.2 Å². The molecule has 2 aliphatic heterocycles. The van der Waals surface area contributed by atoms with Gasteiger partial charge in [-0.15, -0.1) is 0 Å². The lowest BCUT2D eigenvalue weighted by atomic mass is 10.1. The zero-order valence-corrected chi connectivity index (χ0v) is 16.0. The lowest BCUT2D eigenvalue weighted by Crippen LogP contribution is -2.19. The van der Waals surface area contributed by atoms with Gasteiger partial charge in [0.15, 0.2) is 5.17 Å². The number of hydrogen-bond acceptors (Lipinski definition) is 4. The Kier molecular flexibility index (Phi) is 5.18. The van der Waals surface area contributed by atoms with Crippen LogP contribution in [0.4, 0.5) is 15.8 Å². The van der Waals surface area contributed by atoms with Gasteiger partial charge in [-0.05, 0) is 72.6 Å². The van der Waals surface area contributed by atoms with Crippen molar-refractivity contribution in [2.75, 3.05) is 18.0 Å². The molecule has 2 aromatic rings. The molecule has 0 bridgehead atoms. The largest absolute Gasteiger partial charge is 0.369 e. The molecule has 2 heterocycles. The van der Waals surface area contributed by atoms with Gasteiger partial charge in [0.2, 0.25) is 0 Å². The topological polar surface area (TPSA) is 44.7 Å². The number of amidine groups is 1. The van der Waals surface area contributed by atoms with E-state index in [1.54, 1.807) is 36.4 Å². The van der Waals surface area contributed by atoms with Gasteiger partial charge < -0.3 is 10.2 Å². The van der Waals surface area contributed by atoms with Crippen molar-refractivity contribution in [3.05, 3.63) is 63.8 Å². The van der Waals surface area contributed by atoms with Crippen molar-refractivity contribution in [1.29, 1.82) is 0 Å². The number of benzene rings is 2. The monoisotopic (exact) mass is 401 g/mol. The number of thioether (sulfide) groups is 1. The van der Waals surface area contributed by atoms with Crippen molar-refractivity contribution in [3.8, 4) is 0 Å². The van der Waals surface area contributed by atoms with Crippen molar-refractivity contribution >= 4 is 51.9 Å². The van der Waals surface area contributed by atoms with E-state index < -0.39 is 0 Å². The minimum absolute atomic E-state index is 0.239. The molecule has 0 unspecified atom stereocenters. The summed E-state index contributed by atoms with van der Waals surface area (Å²) in [5.74, 6) is -0.499. The van der Waals surface area contributed by atoms with Crippen molar-refractivity contribution in [3.63, 3.8) is 0 Å². The van der Waals surface area contributed by atoms with Crippen LogP contribution in [-0.4, -0.2) is 24.2 Å². The fourth-order valence-corrected chi connectivity index (χ4v) is 4.06. The average Bonchev–Trinajstić information content (AvgIpc) is 3.28. The minimum Gasteiger partial charge on any atom is -0.369 e. The van der Waals surface area contributed by atoms with E-state index in [1.807, 2.05) is 6.07 Å². The first-order valence-electron chi connectivity index (χ1n) is 8.68. The molecule has 1 N–H and O–H groups in total. The molecule has 27 heavy (non-hydrogen) atoms. The Balaban J connectivity index is 1.52. The first-order valence-corrected chi connectivity index (χ1v) is 9.87. The summed E-state index contributed by atoms with van der Waals surface area (Å²) in [5.41, 5.74) is 1.98. The summed E-state index contributed by atoms with van der Waals surface area (Å²) in [7, 11) is 0. The first kappa shape index (κ1) is 18.1. The third kappa shape index (κ3) is 4.17. The summed E-state index contributed by atoms with van der Waals surface area (Å²) in [6.45, 7) is 1.78. The van der Waals surface area contributed by atoms with Gasteiger partial charge in [-0.1, -0.05) is 17.7 Å². The van der Waals surface area contributed by atoms with Crippen molar-refractivity contribution in [2.45, 2.75) is 12.8 Å². The predicted molar refractivity (Wildman–Crippen MR) is 110 cm³/mol. The van der Waals surface area contributed by atoms with Crippen LogP contribution in [-0.2, 0) is 4.79 Å². The summed E-state index contributed by atoms with van der Waals surface area (Å²) in [4.78, 5) is 19.1. The Labute approximate surface area is 166 Å². The number of nitrogens with one attached hydrogen (secondary N) is 1. The van der Waals surface area contributed by atoms with Crippen molar-refractivity contribution < 1.29 is 9.18 Å². The van der Waals surface area contributed by atoms with E-state index in [-0.39, 0.29) is 11.7 Å². The van der Waals surface area contributed by atoms with Crippen LogP contribution in [0.15, 0.2) is 52.4 Å². The maximum Gasteiger partial charge on any atom is 0.264 e. The number of amides is 1. The number of anilines is 1. The molecule has 4 rings (SSSR count). The summed E-state index contributed by atoms with van der Waals surface area (Å²) in [6.07, 6.45) is 3.87. The van der Waals surface area contributed by atoms with E-state index in [0.717, 1.165) is 25.9 Å². The molecule has 0 saturated carbocycles. The van der Waals surface area contributed by atoms with Gasteiger partial charge >= 0.3 is 0 Å². The van der Waals surface area contributed by atoms with Crippen LogP contribution in [0.5, 0.6) is 0 Å². The summed E-state index contributed by atoms with van der Waals surface area (Å²) in [5, 5.41) is 3.84.